The van der Waals surface area contributed by atoms with Crippen LogP contribution in [0.2, 0.25) is 0 Å². The first-order valence-corrected chi connectivity index (χ1v) is 6.91. The number of nitrogens with zero attached hydrogens (tertiary/aromatic N) is 2. The molecular weight excluding hydrogens is 344 g/mol. The van der Waals surface area contributed by atoms with E-state index in [0.717, 1.165) is 11.0 Å². The van der Waals surface area contributed by atoms with Crippen molar-refractivity contribution in [3.05, 3.63) is 38.3 Å². The number of nitro benzene ring substituents is 1. The third-order valence-corrected chi connectivity index (χ3v) is 3.82. The normalized spacial score (nSPS) is 11.0. The minimum Gasteiger partial charge on any atom is -0.480 e. The lowest BCUT2D eigenvalue weighted by atomic mass is 10.0. The summed E-state index contributed by atoms with van der Waals surface area (Å²) >= 11 is 3.04. The van der Waals surface area contributed by atoms with E-state index < -0.39 is 22.3 Å². The fraction of sp³-hybridized carbons (Fsp3) is 0.385. The van der Waals surface area contributed by atoms with Crippen molar-refractivity contribution in [2.75, 3.05) is 6.54 Å². The topological polar surface area (TPSA) is 101 Å². The summed E-state index contributed by atoms with van der Waals surface area (Å²) in [6.07, 6.45) is 0. The monoisotopic (exact) mass is 358 g/mol. The number of nitro groups is 1. The van der Waals surface area contributed by atoms with Crippen LogP contribution in [0.25, 0.3) is 0 Å². The van der Waals surface area contributed by atoms with E-state index in [1.165, 1.54) is 26.0 Å². The summed E-state index contributed by atoms with van der Waals surface area (Å²) in [5.74, 6) is -1.72. The molecule has 21 heavy (non-hydrogen) atoms. The quantitative estimate of drug-likeness (QED) is 0.643. The second-order valence-electron chi connectivity index (χ2n) is 4.84. The van der Waals surface area contributed by atoms with Crippen molar-refractivity contribution in [1.29, 1.82) is 0 Å². The van der Waals surface area contributed by atoms with Gasteiger partial charge in [-0.2, -0.15) is 0 Å². The lowest BCUT2D eigenvalue weighted by Gasteiger charge is -2.34. The number of carbonyl (C=O) groups is 2. The van der Waals surface area contributed by atoms with E-state index in [1.807, 2.05) is 0 Å². The molecule has 8 heteroatoms. The molecule has 1 N–H and O–H groups in total. The van der Waals surface area contributed by atoms with Crippen LogP contribution in [-0.2, 0) is 4.79 Å². The fourth-order valence-corrected chi connectivity index (χ4v) is 2.24. The zero-order valence-corrected chi connectivity index (χ0v) is 13.4. The minimum absolute atomic E-state index is 0.0704. The van der Waals surface area contributed by atoms with E-state index in [-0.39, 0.29) is 22.3 Å². The molecule has 0 saturated carbocycles. The molecule has 0 atom stereocenters. The van der Waals surface area contributed by atoms with Crippen molar-refractivity contribution in [3.8, 4) is 0 Å². The largest absolute Gasteiger partial charge is 0.480 e. The van der Waals surface area contributed by atoms with Crippen molar-refractivity contribution in [2.24, 2.45) is 0 Å². The SMILES string of the molecule is CCN(C(=O)c1ccc(Br)c([N+](=O)[O-])c1)C(C)(C)C(=O)O. The highest BCUT2D eigenvalue weighted by Gasteiger charge is 2.37. The number of carboxylic acids is 1. The van der Waals surface area contributed by atoms with Crippen LogP contribution in [0.15, 0.2) is 22.7 Å². The van der Waals surface area contributed by atoms with Gasteiger partial charge in [-0.25, -0.2) is 4.79 Å². The maximum Gasteiger partial charge on any atom is 0.329 e. The molecule has 114 valence electrons. The number of carboxylic acid groups (broad SMARTS) is 1. The Kier molecular flexibility index (Phi) is 5.06. The fourth-order valence-electron chi connectivity index (χ4n) is 1.85. The molecule has 0 aromatic heterocycles. The zero-order valence-electron chi connectivity index (χ0n) is 11.8. The molecule has 1 aromatic carbocycles. The van der Waals surface area contributed by atoms with Gasteiger partial charge in [0, 0.05) is 18.2 Å². The maximum absolute atomic E-state index is 12.4. The summed E-state index contributed by atoms with van der Waals surface area (Å²) in [6.45, 7) is 4.63. The predicted octanol–water partition coefficient (Wildman–Crippen LogP) is 2.68. The van der Waals surface area contributed by atoms with Crippen molar-refractivity contribution in [2.45, 2.75) is 26.3 Å². The maximum atomic E-state index is 12.4. The first-order chi connectivity index (χ1) is 9.62. The van der Waals surface area contributed by atoms with Crippen molar-refractivity contribution in [3.63, 3.8) is 0 Å². The standard InChI is InChI=1S/C13H15BrN2O5/c1-4-15(13(2,3)12(18)19)11(17)8-5-6-9(14)10(7-8)16(20)21/h5-7H,4H2,1-3H3,(H,18,19). The van der Waals surface area contributed by atoms with E-state index in [0.29, 0.717) is 0 Å². The predicted molar refractivity (Wildman–Crippen MR) is 79.2 cm³/mol. The van der Waals surface area contributed by atoms with Gasteiger partial charge in [0.2, 0.25) is 0 Å². The van der Waals surface area contributed by atoms with E-state index in [4.69, 9.17) is 0 Å². The van der Waals surface area contributed by atoms with E-state index in [9.17, 15) is 24.8 Å². The lowest BCUT2D eigenvalue weighted by molar-refractivity contribution is -0.385. The van der Waals surface area contributed by atoms with Crippen LogP contribution >= 0.6 is 15.9 Å². The average molecular weight is 359 g/mol. The summed E-state index contributed by atoms with van der Waals surface area (Å²) < 4.78 is 0.254. The van der Waals surface area contributed by atoms with E-state index >= 15 is 0 Å². The average Bonchev–Trinajstić information content (AvgIpc) is 2.38. The number of hydrogen-bond acceptors (Lipinski definition) is 4. The van der Waals surface area contributed by atoms with Gasteiger partial charge in [0.15, 0.2) is 0 Å². The Balaban J connectivity index is 3.27. The summed E-state index contributed by atoms with van der Waals surface area (Å²) in [4.78, 5) is 35.2. The first kappa shape index (κ1) is 17.1. The molecule has 1 aromatic rings. The van der Waals surface area contributed by atoms with Crippen molar-refractivity contribution in [1.82, 2.24) is 4.90 Å². The molecule has 0 aliphatic carbocycles. The molecule has 0 aliphatic rings. The minimum atomic E-state index is -1.41. The van der Waals surface area contributed by atoms with Crippen LogP contribution in [0.1, 0.15) is 31.1 Å². The van der Waals surface area contributed by atoms with Crippen LogP contribution in [0.5, 0.6) is 0 Å². The number of hydrogen-bond donors (Lipinski definition) is 1. The number of carbonyl (C=O) groups excluding carboxylic acids is 1. The molecule has 0 spiro atoms. The highest BCUT2D eigenvalue weighted by Crippen LogP contribution is 2.27. The molecule has 0 radical (unpaired) electrons. The Bertz CT molecular complexity index is 600. The second-order valence-corrected chi connectivity index (χ2v) is 5.69. The lowest BCUT2D eigenvalue weighted by Crippen LogP contribution is -2.52. The van der Waals surface area contributed by atoms with Gasteiger partial charge in [-0.05, 0) is 48.8 Å². The van der Waals surface area contributed by atoms with Crippen LogP contribution in [0.4, 0.5) is 5.69 Å². The number of aliphatic carboxylic acids is 1. The number of amides is 1. The summed E-state index contributed by atoms with van der Waals surface area (Å²) in [6, 6.07) is 3.94. The zero-order chi connectivity index (χ0) is 16.4. The molecule has 0 aliphatic heterocycles. The Morgan fingerprint density at radius 1 is 1.43 bits per heavy atom. The second kappa shape index (κ2) is 6.21. The van der Waals surface area contributed by atoms with Gasteiger partial charge in [-0.15, -0.1) is 0 Å². The number of benzene rings is 1. The van der Waals surface area contributed by atoms with Crippen LogP contribution in [0.3, 0.4) is 0 Å². The van der Waals surface area contributed by atoms with E-state index in [1.54, 1.807) is 6.92 Å². The molecule has 1 rings (SSSR count). The summed E-state index contributed by atoms with van der Waals surface area (Å²) in [7, 11) is 0. The van der Waals surface area contributed by atoms with Crippen LogP contribution in [-0.4, -0.2) is 38.9 Å². The summed E-state index contributed by atoms with van der Waals surface area (Å²) in [5.41, 5.74) is -1.58. The van der Waals surface area contributed by atoms with Gasteiger partial charge in [-0.1, -0.05) is 0 Å². The van der Waals surface area contributed by atoms with Gasteiger partial charge in [0.05, 0.1) is 9.40 Å². The summed E-state index contributed by atoms with van der Waals surface area (Å²) in [5, 5.41) is 20.1. The molecule has 0 saturated heterocycles. The molecule has 7 nitrogen and oxygen atoms in total. The third kappa shape index (κ3) is 3.38. The molecule has 0 bridgehead atoms. The Morgan fingerprint density at radius 2 is 2.00 bits per heavy atom. The van der Waals surface area contributed by atoms with Gasteiger partial charge in [0.1, 0.15) is 5.54 Å². The van der Waals surface area contributed by atoms with Gasteiger partial charge in [0.25, 0.3) is 11.6 Å². The molecule has 1 amide bonds. The van der Waals surface area contributed by atoms with Crippen LogP contribution in [0, 0.1) is 10.1 Å². The number of likely N-dealkylation sites (N-methyl/N-ethyl adjacent to an activating group) is 1. The Morgan fingerprint density at radius 3 is 2.43 bits per heavy atom. The van der Waals surface area contributed by atoms with Gasteiger partial charge >= 0.3 is 5.97 Å². The van der Waals surface area contributed by atoms with Gasteiger partial charge in [-0.3, -0.25) is 14.9 Å². The highest BCUT2D eigenvalue weighted by atomic mass is 79.9. The molecule has 0 fully saturated rings. The van der Waals surface area contributed by atoms with Crippen molar-refractivity contribution < 1.29 is 19.6 Å². The molecule has 0 heterocycles. The van der Waals surface area contributed by atoms with Gasteiger partial charge < -0.3 is 10.0 Å². The number of rotatable bonds is 5. The Labute approximate surface area is 129 Å². The smallest absolute Gasteiger partial charge is 0.329 e. The first-order valence-electron chi connectivity index (χ1n) is 6.12. The molecule has 0 unspecified atom stereocenters. The molecular formula is C13H15BrN2O5. The number of halogens is 1. The Hall–Kier alpha value is -1.96. The third-order valence-electron chi connectivity index (χ3n) is 3.15. The van der Waals surface area contributed by atoms with Crippen molar-refractivity contribution >= 4 is 33.5 Å². The highest BCUT2D eigenvalue weighted by molar-refractivity contribution is 9.10. The van der Waals surface area contributed by atoms with E-state index in [2.05, 4.69) is 15.9 Å². The van der Waals surface area contributed by atoms with Crippen LogP contribution < -0.4 is 0 Å².